The quantitative estimate of drug-likeness (QED) is 0.678. The smallest absolute Gasteiger partial charge is 0.211 e. The van der Waals surface area contributed by atoms with E-state index in [4.69, 9.17) is 5.73 Å². The van der Waals surface area contributed by atoms with Crippen LogP contribution in [-0.2, 0) is 16.4 Å². The van der Waals surface area contributed by atoms with Crippen molar-refractivity contribution in [2.24, 2.45) is 5.73 Å². The zero-order valence-electron chi connectivity index (χ0n) is 9.93. The van der Waals surface area contributed by atoms with Gasteiger partial charge in [-0.05, 0) is 31.4 Å². The zero-order chi connectivity index (χ0) is 12.6. The normalized spacial score (nSPS) is 11.6. The molecule has 0 spiro atoms. The molecule has 0 aromatic heterocycles. The molecule has 0 amide bonds. The van der Waals surface area contributed by atoms with Gasteiger partial charge in [-0.2, -0.15) is 0 Å². The summed E-state index contributed by atoms with van der Waals surface area (Å²) >= 11 is 0. The van der Waals surface area contributed by atoms with E-state index in [1.165, 1.54) is 0 Å². The average molecular weight is 256 g/mol. The summed E-state index contributed by atoms with van der Waals surface area (Å²) in [4.78, 5) is 0. The van der Waals surface area contributed by atoms with E-state index in [0.29, 0.717) is 19.5 Å². The van der Waals surface area contributed by atoms with Gasteiger partial charge in [0.2, 0.25) is 10.0 Å². The molecule has 96 valence electrons. The lowest BCUT2D eigenvalue weighted by Gasteiger charge is -2.06. The van der Waals surface area contributed by atoms with Crippen molar-refractivity contribution in [3.8, 4) is 0 Å². The van der Waals surface area contributed by atoms with E-state index in [2.05, 4.69) is 4.72 Å². The largest absolute Gasteiger partial charge is 0.330 e. The van der Waals surface area contributed by atoms with Gasteiger partial charge in [0.1, 0.15) is 0 Å². The third kappa shape index (κ3) is 6.41. The summed E-state index contributed by atoms with van der Waals surface area (Å²) in [5.74, 6) is 0.166. The summed E-state index contributed by atoms with van der Waals surface area (Å²) in [5, 5.41) is 0. The van der Waals surface area contributed by atoms with Crippen LogP contribution in [0.4, 0.5) is 0 Å². The molecule has 3 N–H and O–H groups in total. The van der Waals surface area contributed by atoms with Gasteiger partial charge in [-0.3, -0.25) is 0 Å². The van der Waals surface area contributed by atoms with Crippen molar-refractivity contribution in [1.29, 1.82) is 0 Å². The first kappa shape index (κ1) is 14.2. The lowest BCUT2D eigenvalue weighted by molar-refractivity contribution is 0.577. The van der Waals surface area contributed by atoms with E-state index in [1.807, 2.05) is 30.3 Å². The molecule has 0 radical (unpaired) electrons. The number of sulfonamides is 1. The number of benzene rings is 1. The van der Waals surface area contributed by atoms with E-state index in [1.54, 1.807) is 0 Å². The number of rotatable bonds is 8. The Bertz CT molecular complexity index is 404. The molecule has 0 fully saturated rings. The van der Waals surface area contributed by atoms with Crippen molar-refractivity contribution in [3.63, 3.8) is 0 Å². The lowest BCUT2D eigenvalue weighted by atomic mass is 10.2. The van der Waals surface area contributed by atoms with Gasteiger partial charge in [-0.15, -0.1) is 0 Å². The van der Waals surface area contributed by atoms with Crippen LogP contribution in [0.15, 0.2) is 30.3 Å². The Balaban J connectivity index is 2.26. The number of nitrogens with one attached hydrogen (secondary N) is 1. The van der Waals surface area contributed by atoms with E-state index in [-0.39, 0.29) is 5.75 Å². The predicted molar refractivity (Wildman–Crippen MR) is 70.2 cm³/mol. The van der Waals surface area contributed by atoms with Crippen LogP contribution in [0, 0.1) is 0 Å². The zero-order valence-corrected chi connectivity index (χ0v) is 10.7. The summed E-state index contributed by atoms with van der Waals surface area (Å²) in [6.07, 6.45) is 2.09. The Morgan fingerprint density at radius 3 is 2.47 bits per heavy atom. The van der Waals surface area contributed by atoms with E-state index >= 15 is 0 Å². The van der Waals surface area contributed by atoms with Gasteiger partial charge in [-0.25, -0.2) is 13.1 Å². The molecule has 0 aliphatic rings. The standard InChI is InChI=1S/C12H20N2O2S/c13-9-4-5-11-17(15,16)14-10-8-12-6-2-1-3-7-12/h1-3,6-7,14H,4-5,8-11,13H2. The van der Waals surface area contributed by atoms with Crippen LogP contribution in [-0.4, -0.2) is 27.3 Å². The summed E-state index contributed by atoms with van der Waals surface area (Å²) < 4.78 is 25.7. The summed E-state index contributed by atoms with van der Waals surface area (Å²) in [6.45, 7) is 0.995. The monoisotopic (exact) mass is 256 g/mol. The van der Waals surface area contributed by atoms with Crippen molar-refractivity contribution >= 4 is 10.0 Å². The topological polar surface area (TPSA) is 72.2 Å². The number of unbranched alkanes of at least 4 members (excludes halogenated alkanes) is 1. The van der Waals surface area contributed by atoms with Gasteiger partial charge in [0.15, 0.2) is 0 Å². The Morgan fingerprint density at radius 2 is 1.82 bits per heavy atom. The van der Waals surface area contributed by atoms with Gasteiger partial charge in [-0.1, -0.05) is 30.3 Å². The van der Waals surface area contributed by atoms with Crippen molar-refractivity contribution in [2.45, 2.75) is 19.3 Å². The summed E-state index contributed by atoms with van der Waals surface area (Å²) in [6, 6.07) is 9.82. The van der Waals surface area contributed by atoms with Gasteiger partial charge >= 0.3 is 0 Å². The Labute approximate surface area is 103 Å². The van der Waals surface area contributed by atoms with Crippen LogP contribution >= 0.6 is 0 Å². The molecule has 0 unspecified atom stereocenters. The van der Waals surface area contributed by atoms with Gasteiger partial charge in [0, 0.05) is 6.54 Å². The van der Waals surface area contributed by atoms with E-state index in [0.717, 1.165) is 18.4 Å². The summed E-state index contributed by atoms with van der Waals surface area (Å²) in [5.41, 5.74) is 6.46. The van der Waals surface area contributed by atoms with Gasteiger partial charge in [0.25, 0.3) is 0 Å². The molecular formula is C12H20N2O2S. The SMILES string of the molecule is NCCCCS(=O)(=O)NCCc1ccccc1. The molecule has 4 nitrogen and oxygen atoms in total. The van der Waals surface area contributed by atoms with Gasteiger partial charge in [0.05, 0.1) is 5.75 Å². The van der Waals surface area contributed by atoms with Crippen LogP contribution in [0.2, 0.25) is 0 Å². The first-order valence-electron chi connectivity index (χ1n) is 5.85. The molecule has 0 heterocycles. The fourth-order valence-electron chi connectivity index (χ4n) is 1.50. The van der Waals surface area contributed by atoms with E-state index < -0.39 is 10.0 Å². The molecule has 0 saturated carbocycles. The maximum atomic E-state index is 11.5. The fourth-order valence-corrected chi connectivity index (χ4v) is 2.65. The molecule has 1 aromatic carbocycles. The second-order valence-electron chi connectivity index (χ2n) is 3.94. The second-order valence-corrected chi connectivity index (χ2v) is 5.87. The van der Waals surface area contributed by atoms with Crippen LogP contribution in [0.1, 0.15) is 18.4 Å². The molecule has 17 heavy (non-hydrogen) atoms. The minimum atomic E-state index is -3.13. The van der Waals surface area contributed by atoms with Gasteiger partial charge < -0.3 is 5.73 Å². The fraction of sp³-hybridized carbons (Fsp3) is 0.500. The second kappa shape index (κ2) is 7.42. The molecular weight excluding hydrogens is 236 g/mol. The first-order valence-corrected chi connectivity index (χ1v) is 7.50. The maximum absolute atomic E-state index is 11.5. The van der Waals surface area contributed by atoms with E-state index in [9.17, 15) is 8.42 Å². The molecule has 0 aliphatic carbocycles. The van der Waals surface area contributed by atoms with Crippen LogP contribution in [0.5, 0.6) is 0 Å². The van der Waals surface area contributed by atoms with Crippen LogP contribution in [0.3, 0.4) is 0 Å². The highest BCUT2D eigenvalue weighted by atomic mass is 32.2. The highest BCUT2D eigenvalue weighted by Crippen LogP contribution is 1.99. The van der Waals surface area contributed by atoms with Crippen molar-refractivity contribution < 1.29 is 8.42 Å². The Hall–Kier alpha value is -0.910. The molecule has 1 aromatic rings. The molecule has 0 aliphatic heterocycles. The minimum absolute atomic E-state index is 0.166. The highest BCUT2D eigenvalue weighted by molar-refractivity contribution is 7.89. The average Bonchev–Trinajstić information content (AvgIpc) is 2.30. The minimum Gasteiger partial charge on any atom is -0.330 e. The van der Waals surface area contributed by atoms with Crippen LogP contribution < -0.4 is 10.5 Å². The highest BCUT2D eigenvalue weighted by Gasteiger charge is 2.08. The lowest BCUT2D eigenvalue weighted by Crippen LogP contribution is -2.28. The molecule has 0 saturated heterocycles. The first-order chi connectivity index (χ1) is 8.14. The third-order valence-corrected chi connectivity index (χ3v) is 3.92. The van der Waals surface area contributed by atoms with Crippen molar-refractivity contribution in [3.05, 3.63) is 35.9 Å². The predicted octanol–water partition coefficient (Wildman–Crippen LogP) is 0.887. The Kier molecular flexibility index (Phi) is 6.18. The van der Waals surface area contributed by atoms with Crippen LogP contribution in [0.25, 0.3) is 0 Å². The molecule has 1 rings (SSSR count). The Morgan fingerprint density at radius 1 is 1.12 bits per heavy atom. The number of hydrogen-bond acceptors (Lipinski definition) is 3. The molecule has 5 heteroatoms. The number of nitrogens with two attached hydrogens (primary N) is 1. The van der Waals surface area contributed by atoms with Crippen molar-refractivity contribution in [1.82, 2.24) is 4.72 Å². The molecule has 0 atom stereocenters. The maximum Gasteiger partial charge on any atom is 0.211 e. The third-order valence-electron chi connectivity index (χ3n) is 2.45. The van der Waals surface area contributed by atoms with Crippen molar-refractivity contribution in [2.75, 3.05) is 18.8 Å². The number of hydrogen-bond donors (Lipinski definition) is 2. The molecule has 0 bridgehead atoms. The summed E-state index contributed by atoms with van der Waals surface area (Å²) in [7, 11) is -3.13.